The molecule has 2 aliphatic rings. The summed E-state index contributed by atoms with van der Waals surface area (Å²) in [4.78, 5) is 17.1. The summed E-state index contributed by atoms with van der Waals surface area (Å²) in [5, 5.41) is 0.0921. The lowest BCUT2D eigenvalue weighted by Crippen LogP contribution is -2.48. The number of sulfonamides is 1. The topological polar surface area (TPSA) is 79.0 Å². The Kier molecular flexibility index (Phi) is 7.71. The van der Waals surface area contributed by atoms with Crippen LogP contribution in [0.3, 0.4) is 0 Å². The number of ether oxygens (including phenoxy) is 1. The minimum atomic E-state index is -3.85. The lowest BCUT2D eigenvalue weighted by Gasteiger charge is -2.35. The second-order valence-corrected chi connectivity index (χ2v) is 10.8. The number of hydrogen-bond acceptors (Lipinski definition) is 5. The lowest BCUT2D eigenvalue weighted by atomic mass is 10.1. The van der Waals surface area contributed by atoms with Gasteiger partial charge in [-0.1, -0.05) is 35.9 Å². The molecule has 178 valence electrons. The first kappa shape index (κ1) is 24.2. The predicted molar refractivity (Wildman–Crippen MR) is 128 cm³/mol. The molecule has 2 aliphatic heterocycles. The van der Waals surface area contributed by atoms with Gasteiger partial charge in [0.05, 0.1) is 11.1 Å². The van der Waals surface area contributed by atoms with Crippen LogP contribution in [0.2, 0.25) is 5.02 Å². The van der Waals surface area contributed by atoms with Crippen LogP contribution in [0.1, 0.15) is 34.3 Å². The molecule has 1 amide bonds. The van der Waals surface area contributed by atoms with Crippen LogP contribution in [0.4, 0.5) is 0 Å². The van der Waals surface area contributed by atoms with Gasteiger partial charge in [-0.15, -0.1) is 0 Å². The van der Waals surface area contributed by atoms with E-state index < -0.39 is 10.0 Å². The zero-order chi connectivity index (χ0) is 23.4. The maximum atomic E-state index is 13.1. The number of nitrogens with one attached hydrogen (secondary N) is 1. The Balaban J connectivity index is 1.39. The number of carbonyl (C=O) groups excluding carboxylic acids is 1. The third kappa shape index (κ3) is 5.94. The molecule has 2 saturated heterocycles. The molecule has 9 heteroatoms. The van der Waals surface area contributed by atoms with Crippen molar-refractivity contribution in [2.45, 2.75) is 37.3 Å². The average Bonchev–Trinajstić information content (AvgIpc) is 3.33. The van der Waals surface area contributed by atoms with Gasteiger partial charge in [-0.05, 0) is 49.1 Å². The summed E-state index contributed by atoms with van der Waals surface area (Å²) >= 11 is 6.19. The van der Waals surface area contributed by atoms with E-state index in [0.717, 1.165) is 32.5 Å². The Labute approximate surface area is 200 Å². The van der Waals surface area contributed by atoms with Gasteiger partial charge in [0.2, 0.25) is 10.0 Å². The number of rotatable bonds is 7. The van der Waals surface area contributed by atoms with E-state index in [1.165, 1.54) is 23.3 Å². The molecule has 0 radical (unpaired) electrons. The van der Waals surface area contributed by atoms with Crippen molar-refractivity contribution in [3.63, 3.8) is 0 Å². The van der Waals surface area contributed by atoms with E-state index in [2.05, 4.69) is 28.7 Å². The first-order valence-electron chi connectivity index (χ1n) is 11.3. The molecule has 1 atom stereocenters. The van der Waals surface area contributed by atoms with Crippen LogP contribution in [0.5, 0.6) is 0 Å². The van der Waals surface area contributed by atoms with Crippen molar-refractivity contribution in [3.05, 3.63) is 64.2 Å². The molecule has 0 bridgehead atoms. The van der Waals surface area contributed by atoms with Crippen LogP contribution in [-0.2, 0) is 21.3 Å². The quantitative estimate of drug-likeness (QED) is 0.644. The Hall–Kier alpha value is -1.97. The molecule has 0 spiro atoms. The van der Waals surface area contributed by atoms with Gasteiger partial charge in [-0.2, -0.15) is 0 Å². The van der Waals surface area contributed by atoms with Gasteiger partial charge in [0, 0.05) is 51.4 Å². The molecule has 33 heavy (non-hydrogen) atoms. The van der Waals surface area contributed by atoms with Gasteiger partial charge in [0.25, 0.3) is 5.91 Å². The molecule has 7 nitrogen and oxygen atoms in total. The molecule has 0 saturated carbocycles. The van der Waals surface area contributed by atoms with Gasteiger partial charge in [-0.25, -0.2) is 13.1 Å². The second-order valence-electron chi connectivity index (χ2n) is 8.63. The van der Waals surface area contributed by atoms with Crippen molar-refractivity contribution in [3.8, 4) is 0 Å². The molecule has 2 aromatic rings. The van der Waals surface area contributed by atoms with Crippen LogP contribution < -0.4 is 4.72 Å². The van der Waals surface area contributed by atoms with Crippen molar-refractivity contribution in [2.75, 3.05) is 39.3 Å². The summed E-state index contributed by atoms with van der Waals surface area (Å²) in [6, 6.07) is 12.8. The first-order valence-corrected chi connectivity index (χ1v) is 13.2. The predicted octanol–water partition coefficient (Wildman–Crippen LogP) is 3.06. The Bertz CT molecular complexity index is 1090. The normalized spacial score (nSPS) is 19.7. The van der Waals surface area contributed by atoms with Gasteiger partial charge >= 0.3 is 0 Å². The highest BCUT2D eigenvalue weighted by molar-refractivity contribution is 7.89. The van der Waals surface area contributed by atoms with Crippen LogP contribution in [0.15, 0.2) is 47.4 Å². The number of benzene rings is 2. The number of piperazine rings is 1. The number of halogens is 1. The number of amides is 1. The third-order valence-electron chi connectivity index (χ3n) is 6.31. The summed E-state index contributed by atoms with van der Waals surface area (Å²) in [6.45, 7) is 6.52. The van der Waals surface area contributed by atoms with E-state index in [1.54, 1.807) is 11.0 Å². The summed E-state index contributed by atoms with van der Waals surface area (Å²) in [7, 11) is -3.85. The van der Waals surface area contributed by atoms with Gasteiger partial charge in [-0.3, -0.25) is 9.69 Å². The van der Waals surface area contributed by atoms with Crippen LogP contribution in [-0.4, -0.2) is 69.6 Å². The van der Waals surface area contributed by atoms with Gasteiger partial charge < -0.3 is 9.64 Å². The lowest BCUT2D eigenvalue weighted by molar-refractivity contribution is 0.0628. The van der Waals surface area contributed by atoms with E-state index >= 15 is 0 Å². The van der Waals surface area contributed by atoms with E-state index in [-0.39, 0.29) is 28.5 Å². The fourth-order valence-corrected chi connectivity index (χ4v) is 5.84. The Morgan fingerprint density at radius 2 is 1.91 bits per heavy atom. The van der Waals surface area contributed by atoms with Gasteiger partial charge in [0.15, 0.2) is 0 Å². The summed E-state index contributed by atoms with van der Waals surface area (Å²) in [6.07, 6.45) is 1.62. The highest BCUT2D eigenvalue weighted by atomic mass is 35.5. The molecule has 0 unspecified atom stereocenters. The number of nitrogens with zero attached hydrogens (tertiary/aromatic N) is 2. The number of aryl methyl sites for hydroxylation is 1. The SMILES string of the molecule is Cc1ccccc1CN1CCN(C(=O)c2ccc(Cl)c(S(=O)(=O)NC[C@@H]3CCCO3)c2)CC1. The molecule has 2 heterocycles. The van der Waals surface area contributed by atoms with E-state index in [0.29, 0.717) is 25.3 Å². The molecular formula is C24H30ClN3O4S. The zero-order valence-corrected chi connectivity index (χ0v) is 20.4. The minimum absolute atomic E-state index is 0.0776. The van der Waals surface area contributed by atoms with Crippen LogP contribution in [0.25, 0.3) is 0 Å². The number of carbonyl (C=O) groups is 1. The van der Waals surface area contributed by atoms with Crippen LogP contribution in [0, 0.1) is 6.92 Å². The maximum Gasteiger partial charge on any atom is 0.253 e. The highest BCUT2D eigenvalue weighted by Gasteiger charge is 2.26. The van der Waals surface area contributed by atoms with Crippen molar-refractivity contribution >= 4 is 27.5 Å². The standard InChI is InChI=1S/C24H30ClN3O4S/c1-18-5-2-3-6-20(18)17-27-10-12-28(13-11-27)24(29)19-8-9-22(25)23(15-19)33(30,31)26-16-21-7-4-14-32-21/h2-3,5-6,8-9,15,21,26H,4,7,10-14,16-17H2,1H3/t21-/m0/s1. The van der Waals surface area contributed by atoms with Gasteiger partial charge in [0.1, 0.15) is 4.90 Å². The summed E-state index contributed by atoms with van der Waals surface area (Å²) in [5.41, 5.74) is 2.88. The van der Waals surface area contributed by atoms with Crippen molar-refractivity contribution in [2.24, 2.45) is 0 Å². The molecule has 2 aromatic carbocycles. The van der Waals surface area contributed by atoms with Crippen molar-refractivity contribution in [1.29, 1.82) is 0 Å². The average molecular weight is 492 g/mol. The largest absolute Gasteiger partial charge is 0.377 e. The Morgan fingerprint density at radius 3 is 2.61 bits per heavy atom. The number of hydrogen-bond donors (Lipinski definition) is 1. The van der Waals surface area contributed by atoms with Crippen LogP contribution >= 0.6 is 11.6 Å². The first-order chi connectivity index (χ1) is 15.8. The third-order valence-corrected chi connectivity index (χ3v) is 8.21. The smallest absolute Gasteiger partial charge is 0.253 e. The zero-order valence-electron chi connectivity index (χ0n) is 18.8. The molecule has 4 rings (SSSR count). The Morgan fingerprint density at radius 1 is 1.15 bits per heavy atom. The van der Waals surface area contributed by atoms with E-state index in [9.17, 15) is 13.2 Å². The minimum Gasteiger partial charge on any atom is -0.377 e. The fraction of sp³-hybridized carbons (Fsp3) is 0.458. The molecule has 0 aromatic heterocycles. The van der Waals surface area contributed by atoms with E-state index in [1.807, 2.05) is 12.1 Å². The second kappa shape index (κ2) is 10.5. The van der Waals surface area contributed by atoms with Crippen molar-refractivity contribution in [1.82, 2.24) is 14.5 Å². The fourth-order valence-electron chi connectivity index (χ4n) is 4.25. The van der Waals surface area contributed by atoms with E-state index in [4.69, 9.17) is 16.3 Å². The highest BCUT2D eigenvalue weighted by Crippen LogP contribution is 2.24. The molecular weight excluding hydrogens is 462 g/mol. The van der Waals surface area contributed by atoms with Crippen molar-refractivity contribution < 1.29 is 17.9 Å². The monoisotopic (exact) mass is 491 g/mol. The molecule has 1 N–H and O–H groups in total. The summed E-state index contributed by atoms with van der Waals surface area (Å²) < 4.78 is 33.7. The molecule has 0 aliphatic carbocycles. The molecule has 2 fully saturated rings. The summed E-state index contributed by atoms with van der Waals surface area (Å²) in [5.74, 6) is -0.183. The maximum absolute atomic E-state index is 13.1.